The molecule has 0 N–H and O–H groups in total. The zero-order valence-corrected chi connectivity index (χ0v) is 12.9. The summed E-state index contributed by atoms with van der Waals surface area (Å²) >= 11 is 5.66. The zero-order chi connectivity index (χ0) is 12.4. The van der Waals surface area contributed by atoms with E-state index in [1.807, 2.05) is 49.4 Å². The molecule has 0 saturated heterocycles. The number of rotatable bonds is 2. The molecule has 2 aromatic carbocycles. The number of benzene rings is 2. The van der Waals surface area contributed by atoms with Gasteiger partial charge in [0.05, 0.1) is 0 Å². The van der Waals surface area contributed by atoms with Crippen molar-refractivity contribution in [3.63, 3.8) is 0 Å². The summed E-state index contributed by atoms with van der Waals surface area (Å²) in [4.78, 5) is 12.2. The molecule has 0 aliphatic carbocycles. The SMILES string of the molecule is Cc1cc(C(=O)c2ccc(I)cc2)ccc1Br. The van der Waals surface area contributed by atoms with Crippen LogP contribution in [0.2, 0.25) is 0 Å². The smallest absolute Gasteiger partial charge is 0.193 e. The summed E-state index contributed by atoms with van der Waals surface area (Å²) in [5.41, 5.74) is 2.53. The van der Waals surface area contributed by atoms with Crippen molar-refractivity contribution in [1.29, 1.82) is 0 Å². The normalized spacial score (nSPS) is 10.3. The van der Waals surface area contributed by atoms with Gasteiger partial charge in [0.15, 0.2) is 5.78 Å². The number of aryl methyl sites for hydroxylation is 1. The lowest BCUT2D eigenvalue weighted by molar-refractivity contribution is 0.103. The van der Waals surface area contributed by atoms with Crippen molar-refractivity contribution < 1.29 is 4.79 Å². The van der Waals surface area contributed by atoms with E-state index in [0.717, 1.165) is 24.7 Å². The highest BCUT2D eigenvalue weighted by atomic mass is 127. The second-order valence-electron chi connectivity index (χ2n) is 3.80. The molecule has 0 unspecified atom stereocenters. The van der Waals surface area contributed by atoms with Crippen LogP contribution >= 0.6 is 38.5 Å². The van der Waals surface area contributed by atoms with Crippen LogP contribution in [-0.2, 0) is 0 Å². The average Bonchev–Trinajstić information content (AvgIpc) is 2.33. The fourth-order valence-electron chi connectivity index (χ4n) is 1.55. The minimum atomic E-state index is 0.0667. The molecular weight excluding hydrogens is 391 g/mol. The van der Waals surface area contributed by atoms with Gasteiger partial charge in [0, 0.05) is 19.2 Å². The van der Waals surface area contributed by atoms with Crippen molar-refractivity contribution in [2.24, 2.45) is 0 Å². The van der Waals surface area contributed by atoms with Gasteiger partial charge in [-0.3, -0.25) is 4.79 Å². The molecule has 0 saturated carbocycles. The largest absolute Gasteiger partial charge is 0.289 e. The van der Waals surface area contributed by atoms with Gasteiger partial charge in [0.2, 0.25) is 0 Å². The third kappa shape index (κ3) is 2.96. The van der Waals surface area contributed by atoms with Gasteiger partial charge in [-0.05, 0) is 77.5 Å². The van der Waals surface area contributed by atoms with Gasteiger partial charge in [-0.15, -0.1) is 0 Å². The van der Waals surface area contributed by atoms with Crippen LogP contribution in [-0.4, -0.2) is 5.78 Å². The Hall–Kier alpha value is -0.680. The van der Waals surface area contributed by atoms with Gasteiger partial charge in [0.25, 0.3) is 0 Å². The van der Waals surface area contributed by atoms with Crippen molar-refractivity contribution in [2.45, 2.75) is 6.92 Å². The predicted octanol–water partition coefficient (Wildman–Crippen LogP) is 4.59. The fraction of sp³-hybridized carbons (Fsp3) is 0.0714. The first-order valence-electron chi connectivity index (χ1n) is 5.14. The van der Waals surface area contributed by atoms with E-state index < -0.39 is 0 Å². The summed E-state index contributed by atoms with van der Waals surface area (Å²) < 4.78 is 2.16. The quantitative estimate of drug-likeness (QED) is 0.532. The summed E-state index contributed by atoms with van der Waals surface area (Å²) in [6.07, 6.45) is 0. The maximum atomic E-state index is 12.2. The highest BCUT2D eigenvalue weighted by Gasteiger charge is 2.09. The van der Waals surface area contributed by atoms with E-state index in [-0.39, 0.29) is 5.78 Å². The van der Waals surface area contributed by atoms with E-state index in [9.17, 15) is 4.79 Å². The molecule has 0 amide bonds. The van der Waals surface area contributed by atoms with E-state index in [0.29, 0.717) is 0 Å². The molecule has 0 aliphatic rings. The monoisotopic (exact) mass is 400 g/mol. The lowest BCUT2D eigenvalue weighted by Crippen LogP contribution is -2.01. The standard InChI is InChI=1S/C14H10BrIO/c1-9-8-11(4-7-13(9)15)14(17)10-2-5-12(16)6-3-10/h2-8H,1H3. The zero-order valence-electron chi connectivity index (χ0n) is 9.21. The van der Waals surface area contributed by atoms with Crippen LogP contribution in [0.25, 0.3) is 0 Å². The molecule has 0 aliphatic heterocycles. The van der Waals surface area contributed by atoms with Crippen LogP contribution in [0.4, 0.5) is 0 Å². The van der Waals surface area contributed by atoms with Crippen molar-refractivity contribution in [1.82, 2.24) is 0 Å². The molecule has 0 fully saturated rings. The van der Waals surface area contributed by atoms with Gasteiger partial charge in [-0.25, -0.2) is 0 Å². The number of ketones is 1. The van der Waals surface area contributed by atoms with Crippen LogP contribution in [0.1, 0.15) is 21.5 Å². The first-order chi connectivity index (χ1) is 8.08. The predicted molar refractivity (Wildman–Crippen MR) is 81.5 cm³/mol. The van der Waals surface area contributed by atoms with Crippen molar-refractivity contribution in [3.8, 4) is 0 Å². The van der Waals surface area contributed by atoms with E-state index in [1.54, 1.807) is 0 Å². The number of carbonyl (C=O) groups is 1. The molecular formula is C14H10BrIO. The maximum absolute atomic E-state index is 12.2. The molecule has 2 aromatic rings. The molecule has 0 spiro atoms. The first kappa shape index (κ1) is 12.8. The number of hydrogen-bond donors (Lipinski definition) is 0. The Bertz CT molecular complexity index is 561. The number of carbonyl (C=O) groups excluding carboxylic acids is 1. The van der Waals surface area contributed by atoms with Crippen molar-refractivity contribution in [2.75, 3.05) is 0 Å². The number of hydrogen-bond acceptors (Lipinski definition) is 1. The van der Waals surface area contributed by atoms with Gasteiger partial charge < -0.3 is 0 Å². The summed E-state index contributed by atoms with van der Waals surface area (Å²) in [7, 11) is 0. The van der Waals surface area contributed by atoms with Gasteiger partial charge in [-0.2, -0.15) is 0 Å². The van der Waals surface area contributed by atoms with Crippen molar-refractivity contribution >= 4 is 44.3 Å². The Morgan fingerprint density at radius 3 is 2.24 bits per heavy atom. The molecule has 17 heavy (non-hydrogen) atoms. The molecule has 3 heteroatoms. The summed E-state index contributed by atoms with van der Waals surface area (Å²) in [5, 5.41) is 0. The van der Waals surface area contributed by atoms with Crippen LogP contribution in [0.15, 0.2) is 46.9 Å². The van der Waals surface area contributed by atoms with Crippen LogP contribution in [0, 0.1) is 10.5 Å². The molecule has 0 bridgehead atoms. The van der Waals surface area contributed by atoms with E-state index in [4.69, 9.17) is 0 Å². The summed E-state index contributed by atoms with van der Waals surface area (Å²) in [6, 6.07) is 13.3. The minimum Gasteiger partial charge on any atom is -0.289 e. The highest BCUT2D eigenvalue weighted by Crippen LogP contribution is 2.19. The van der Waals surface area contributed by atoms with E-state index in [1.165, 1.54) is 0 Å². The highest BCUT2D eigenvalue weighted by molar-refractivity contribution is 14.1. The molecule has 0 heterocycles. The topological polar surface area (TPSA) is 17.1 Å². The van der Waals surface area contributed by atoms with Crippen LogP contribution in [0.3, 0.4) is 0 Å². The Kier molecular flexibility index (Phi) is 3.99. The lowest BCUT2D eigenvalue weighted by Gasteiger charge is -2.04. The number of halogens is 2. The Morgan fingerprint density at radius 2 is 1.65 bits per heavy atom. The molecule has 0 atom stereocenters. The van der Waals surface area contributed by atoms with Crippen LogP contribution < -0.4 is 0 Å². The molecule has 1 nitrogen and oxygen atoms in total. The van der Waals surface area contributed by atoms with Crippen molar-refractivity contribution in [3.05, 3.63) is 67.2 Å². The second kappa shape index (κ2) is 5.31. The lowest BCUT2D eigenvalue weighted by atomic mass is 10.0. The first-order valence-corrected chi connectivity index (χ1v) is 7.01. The molecule has 0 radical (unpaired) electrons. The summed E-state index contributed by atoms with van der Waals surface area (Å²) in [6.45, 7) is 1.98. The molecule has 86 valence electrons. The third-order valence-electron chi connectivity index (χ3n) is 2.53. The third-order valence-corrected chi connectivity index (χ3v) is 4.14. The molecule has 0 aromatic heterocycles. The van der Waals surface area contributed by atoms with Crippen LogP contribution in [0.5, 0.6) is 0 Å². The fourth-order valence-corrected chi connectivity index (χ4v) is 2.16. The Balaban J connectivity index is 2.37. The van der Waals surface area contributed by atoms with Gasteiger partial charge in [0.1, 0.15) is 0 Å². The van der Waals surface area contributed by atoms with Gasteiger partial charge >= 0.3 is 0 Å². The van der Waals surface area contributed by atoms with E-state index in [2.05, 4.69) is 38.5 Å². The Morgan fingerprint density at radius 1 is 1.06 bits per heavy atom. The molecule has 2 rings (SSSR count). The van der Waals surface area contributed by atoms with E-state index >= 15 is 0 Å². The second-order valence-corrected chi connectivity index (χ2v) is 5.90. The average molecular weight is 401 g/mol. The maximum Gasteiger partial charge on any atom is 0.193 e. The minimum absolute atomic E-state index is 0.0667. The summed E-state index contributed by atoms with van der Waals surface area (Å²) in [5.74, 6) is 0.0667. The Labute approximate surface area is 123 Å². The van der Waals surface area contributed by atoms with Gasteiger partial charge in [-0.1, -0.05) is 15.9 Å².